The maximum Gasteiger partial charge on any atom is 0.216 e. The van der Waals surface area contributed by atoms with E-state index in [2.05, 4.69) is 34.2 Å². The topological polar surface area (TPSA) is 44.2 Å². The highest BCUT2D eigenvalue weighted by molar-refractivity contribution is 7.99. The summed E-state index contributed by atoms with van der Waals surface area (Å²) in [5.74, 6) is 2.40. The normalized spacial score (nSPS) is 10.7. The molecule has 0 amide bonds. The monoisotopic (exact) mass is 326 g/mol. The quantitative estimate of drug-likeness (QED) is 0.370. The highest BCUT2D eigenvalue weighted by Crippen LogP contribution is 2.21. The lowest BCUT2D eigenvalue weighted by Crippen LogP contribution is -1.99. The van der Waals surface area contributed by atoms with Crippen LogP contribution in [-0.4, -0.2) is 29.4 Å². The van der Waals surface area contributed by atoms with Crippen LogP contribution in [0.2, 0.25) is 0 Å². The average Bonchev–Trinajstić information content (AvgIpc) is 2.61. The molecule has 0 unspecified atom stereocenters. The number of thioether (sulfide) groups is 1. The fraction of sp³-hybridized carbons (Fsp3) is 0.222. The van der Waals surface area contributed by atoms with Gasteiger partial charge in [0.2, 0.25) is 5.88 Å². The van der Waals surface area contributed by atoms with Crippen molar-refractivity contribution in [3.8, 4) is 11.6 Å². The SMILES string of the molecule is COc1ccnc(SCCCOc2ccc3ccccc3c2)n1. The fourth-order valence-corrected chi connectivity index (χ4v) is 2.91. The van der Waals surface area contributed by atoms with Gasteiger partial charge in [0, 0.05) is 18.0 Å². The van der Waals surface area contributed by atoms with Crippen molar-refractivity contribution in [1.29, 1.82) is 0 Å². The predicted octanol–water partition coefficient (Wildman–Crippen LogP) is 4.20. The third kappa shape index (κ3) is 4.36. The van der Waals surface area contributed by atoms with Crippen LogP contribution < -0.4 is 9.47 Å². The molecule has 0 aliphatic heterocycles. The average molecular weight is 326 g/mol. The number of methoxy groups -OCH3 is 1. The summed E-state index contributed by atoms with van der Waals surface area (Å²) in [5.41, 5.74) is 0. The summed E-state index contributed by atoms with van der Waals surface area (Å²) in [7, 11) is 1.61. The summed E-state index contributed by atoms with van der Waals surface area (Å²) >= 11 is 1.61. The Labute approximate surface area is 139 Å². The van der Waals surface area contributed by atoms with Gasteiger partial charge in [-0.25, -0.2) is 4.98 Å². The van der Waals surface area contributed by atoms with E-state index in [9.17, 15) is 0 Å². The van der Waals surface area contributed by atoms with Gasteiger partial charge in [0.1, 0.15) is 5.75 Å². The molecule has 0 aliphatic rings. The van der Waals surface area contributed by atoms with E-state index in [1.165, 1.54) is 10.8 Å². The van der Waals surface area contributed by atoms with Crippen LogP contribution in [0.3, 0.4) is 0 Å². The van der Waals surface area contributed by atoms with Gasteiger partial charge in [-0.2, -0.15) is 4.98 Å². The number of hydrogen-bond acceptors (Lipinski definition) is 5. The van der Waals surface area contributed by atoms with Crippen molar-refractivity contribution >= 4 is 22.5 Å². The van der Waals surface area contributed by atoms with Crippen LogP contribution in [0.25, 0.3) is 10.8 Å². The summed E-state index contributed by atoms with van der Waals surface area (Å²) in [6.45, 7) is 0.676. The van der Waals surface area contributed by atoms with Gasteiger partial charge < -0.3 is 9.47 Å². The van der Waals surface area contributed by atoms with Gasteiger partial charge in [-0.05, 0) is 29.3 Å². The Morgan fingerprint density at radius 1 is 1.04 bits per heavy atom. The molecule has 0 fully saturated rings. The summed E-state index contributed by atoms with van der Waals surface area (Å²) in [6, 6.07) is 16.2. The van der Waals surface area contributed by atoms with Crippen LogP contribution in [-0.2, 0) is 0 Å². The molecule has 3 aromatic rings. The number of hydrogen-bond donors (Lipinski definition) is 0. The van der Waals surface area contributed by atoms with E-state index in [0.717, 1.165) is 23.1 Å². The van der Waals surface area contributed by atoms with Gasteiger partial charge in [-0.15, -0.1) is 0 Å². The molecular formula is C18H18N2O2S. The zero-order valence-corrected chi connectivity index (χ0v) is 13.8. The van der Waals surface area contributed by atoms with Crippen LogP contribution in [0.4, 0.5) is 0 Å². The van der Waals surface area contributed by atoms with Gasteiger partial charge in [0.15, 0.2) is 5.16 Å². The van der Waals surface area contributed by atoms with Gasteiger partial charge in [0.05, 0.1) is 13.7 Å². The van der Waals surface area contributed by atoms with Crippen molar-refractivity contribution in [3.05, 3.63) is 54.7 Å². The number of ether oxygens (including phenoxy) is 2. The van der Waals surface area contributed by atoms with Crippen LogP contribution in [0, 0.1) is 0 Å². The van der Waals surface area contributed by atoms with Gasteiger partial charge in [-0.1, -0.05) is 42.1 Å². The number of benzene rings is 2. The molecule has 0 atom stereocenters. The molecule has 1 heterocycles. The van der Waals surface area contributed by atoms with Crippen LogP contribution in [0.5, 0.6) is 11.6 Å². The van der Waals surface area contributed by atoms with E-state index >= 15 is 0 Å². The highest BCUT2D eigenvalue weighted by atomic mass is 32.2. The minimum Gasteiger partial charge on any atom is -0.494 e. The molecule has 2 aromatic carbocycles. The number of nitrogens with zero attached hydrogens (tertiary/aromatic N) is 2. The van der Waals surface area contributed by atoms with E-state index < -0.39 is 0 Å². The predicted molar refractivity (Wildman–Crippen MR) is 93.4 cm³/mol. The molecule has 0 bridgehead atoms. The summed E-state index contributed by atoms with van der Waals surface area (Å²) in [6.07, 6.45) is 2.64. The number of aromatic nitrogens is 2. The third-order valence-electron chi connectivity index (χ3n) is 3.33. The molecule has 0 N–H and O–H groups in total. The smallest absolute Gasteiger partial charge is 0.216 e. The molecule has 5 heteroatoms. The van der Waals surface area contributed by atoms with E-state index in [-0.39, 0.29) is 0 Å². The summed E-state index contributed by atoms with van der Waals surface area (Å²) in [4.78, 5) is 8.48. The van der Waals surface area contributed by atoms with Crippen molar-refractivity contribution in [1.82, 2.24) is 9.97 Å². The van der Waals surface area contributed by atoms with Crippen molar-refractivity contribution in [2.24, 2.45) is 0 Å². The molecular weight excluding hydrogens is 308 g/mol. The maximum absolute atomic E-state index is 5.82. The van der Waals surface area contributed by atoms with Crippen molar-refractivity contribution in [2.45, 2.75) is 11.6 Å². The molecule has 0 spiro atoms. The number of fused-ring (bicyclic) bond motifs is 1. The van der Waals surface area contributed by atoms with E-state index in [0.29, 0.717) is 12.5 Å². The lowest BCUT2D eigenvalue weighted by Gasteiger charge is -2.07. The van der Waals surface area contributed by atoms with Crippen LogP contribution >= 0.6 is 11.8 Å². The molecule has 0 saturated carbocycles. The summed E-state index contributed by atoms with van der Waals surface area (Å²) < 4.78 is 10.9. The first kappa shape index (κ1) is 15.6. The second kappa shape index (κ2) is 7.83. The first-order chi connectivity index (χ1) is 11.3. The Morgan fingerprint density at radius 3 is 2.78 bits per heavy atom. The maximum atomic E-state index is 5.82. The molecule has 0 radical (unpaired) electrons. The van der Waals surface area contributed by atoms with Crippen LogP contribution in [0.1, 0.15) is 6.42 Å². The highest BCUT2D eigenvalue weighted by Gasteiger charge is 2.01. The fourth-order valence-electron chi connectivity index (χ4n) is 2.18. The zero-order valence-electron chi connectivity index (χ0n) is 12.9. The minimum absolute atomic E-state index is 0.593. The van der Waals surface area contributed by atoms with Crippen molar-refractivity contribution < 1.29 is 9.47 Å². The minimum atomic E-state index is 0.593. The Bertz CT molecular complexity index is 780. The molecule has 0 saturated heterocycles. The van der Waals surface area contributed by atoms with Crippen LogP contribution in [0.15, 0.2) is 59.9 Å². The van der Waals surface area contributed by atoms with E-state index in [1.54, 1.807) is 31.1 Å². The molecule has 3 rings (SSSR count). The van der Waals surface area contributed by atoms with Gasteiger partial charge >= 0.3 is 0 Å². The van der Waals surface area contributed by atoms with E-state index in [1.807, 2.05) is 18.2 Å². The Kier molecular flexibility index (Phi) is 5.32. The largest absolute Gasteiger partial charge is 0.494 e. The number of rotatable bonds is 7. The molecule has 4 nitrogen and oxygen atoms in total. The first-order valence-corrected chi connectivity index (χ1v) is 8.45. The second-order valence-corrected chi connectivity index (χ2v) is 6.00. The standard InChI is InChI=1S/C18H18N2O2S/c1-21-17-9-10-19-18(20-17)23-12-4-11-22-16-8-7-14-5-2-3-6-15(14)13-16/h2-3,5-10,13H,4,11-12H2,1H3. The van der Waals surface area contributed by atoms with Crippen molar-refractivity contribution in [3.63, 3.8) is 0 Å². The van der Waals surface area contributed by atoms with Gasteiger partial charge in [0.25, 0.3) is 0 Å². The summed E-state index contributed by atoms with van der Waals surface area (Å²) in [5, 5.41) is 3.16. The lowest BCUT2D eigenvalue weighted by atomic mass is 10.1. The molecule has 1 aromatic heterocycles. The van der Waals surface area contributed by atoms with Gasteiger partial charge in [-0.3, -0.25) is 0 Å². The molecule has 118 valence electrons. The van der Waals surface area contributed by atoms with E-state index in [4.69, 9.17) is 9.47 Å². The molecule has 23 heavy (non-hydrogen) atoms. The second-order valence-electron chi connectivity index (χ2n) is 4.94. The van der Waals surface area contributed by atoms with Crippen molar-refractivity contribution in [2.75, 3.05) is 19.5 Å². The Balaban J connectivity index is 1.45. The Hall–Kier alpha value is -2.27. The first-order valence-electron chi connectivity index (χ1n) is 7.46. The Morgan fingerprint density at radius 2 is 1.91 bits per heavy atom. The third-order valence-corrected chi connectivity index (χ3v) is 4.27. The lowest BCUT2D eigenvalue weighted by molar-refractivity contribution is 0.319. The molecule has 0 aliphatic carbocycles. The zero-order chi connectivity index (χ0) is 15.9.